The molecule has 1 rings (SSSR count). The maximum absolute atomic E-state index is 10.0. The molecular weight excluding hydrogens is 136 g/mol. The van der Waals surface area contributed by atoms with Gasteiger partial charge in [0, 0.05) is 0 Å². The molecule has 0 aromatic carbocycles. The Kier molecular flexibility index (Phi) is 3.09. The van der Waals surface area contributed by atoms with Gasteiger partial charge in [-0.25, -0.2) is 0 Å². The lowest BCUT2D eigenvalue weighted by Gasteiger charge is -2.20. The van der Waals surface area contributed by atoms with Crippen molar-refractivity contribution in [3.63, 3.8) is 0 Å². The third-order valence-electron chi connectivity index (χ3n) is 2.22. The lowest BCUT2D eigenvalue weighted by Crippen LogP contribution is -2.09. The van der Waals surface area contributed by atoms with Gasteiger partial charge in [0.05, 0.1) is 0 Å². The molecule has 0 saturated heterocycles. The molecule has 2 unspecified atom stereocenters. The normalized spacial score (nSPS) is 31.0. The molecule has 0 aromatic heterocycles. The molecule has 1 heteroatoms. The number of allylic oxidation sites excluding steroid dienone is 4. The van der Waals surface area contributed by atoms with Crippen molar-refractivity contribution in [3.8, 4) is 0 Å². The molecule has 0 radical (unpaired) electrons. The van der Waals surface area contributed by atoms with E-state index in [-0.39, 0.29) is 0 Å². The van der Waals surface area contributed by atoms with Gasteiger partial charge in [0.1, 0.15) is 6.29 Å². The monoisotopic (exact) mass is 150 g/mol. The van der Waals surface area contributed by atoms with Crippen LogP contribution in [0.15, 0.2) is 24.3 Å². The van der Waals surface area contributed by atoms with Crippen LogP contribution in [0.1, 0.15) is 19.8 Å². The van der Waals surface area contributed by atoms with E-state index in [0.717, 1.165) is 12.7 Å². The van der Waals surface area contributed by atoms with Gasteiger partial charge < -0.3 is 0 Å². The number of hydrogen-bond acceptors (Lipinski definition) is 1. The van der Waals surface area contributed by atoms with Gasteiger partial charge in [-0.05, 0) is 30.8 Å². The highest BCUT2D eigenvalue weighted by Gasteiger charge is 2.13. The minimum Gasteiger partial charge on any atom is -0.299 e. The number of carbonyl (C=O) groups is 1. The van der Waals surface area contributed by atoms with Crippen LogP contribution in [0.3, 0.4) is 0 Å². The van der Waals surface area contributed by atoms with Crippen molar-refractivity contribution in [1.29, 1.82) is 0 Å². The molecule has 1 nitrogen and oxygen atoms in total. The van der Waals surface area contributed by atoms with Crippen LogP contribution in [0.5, 0.6) is 0 Å². The molecule has 0 spiro atoms. The van der Waals surface area contributed by atoms with E-state index in [9.17, 15) is 4.79 Å². The van der Waals surface area contributed by atoms with Gasteiger partial charge in [-0.3, -0.25) is 4.79 Å². The Bertz CT molecular complexity index is 179. The smallest absolute Gasteiger partial charge is 0.142 e. The van der Waals surface area contributed by atoms with Crippen molar-refractivity contribution in [2.75, 3.05) is 0 Å². The first-order valence-electron chi connectivity index (χ1n) is 4.13. The van der Waals surface area contributed by atoms with Crippen LogP contribution in [0.2, 0.25) is 0 Å². The van der Waals surface area contributed by atoms with E-state index >= 15 is 0 Å². The van der Waals surface area contributed by atoms with Crippen molar-refractivity contribution >= 4 is 6.29 Å². The summed E-state index contributed by atoms with van der Waals surface area (Å²) in [6.07, 6.45) is 11.3. The summed E-state index contributed by atoms with van der Waals surface area (Å²) in [7, 11) is 0. The third-order valence-corrected chi connectivity index (χ3v) is 2.22. The summed E-state index contributed by atoms with van der Waals surface area (Å²) in [5.41, 5.74) is 0. The fraction of sp³-hybridized carbons (Fsp3) is 0.500. The first-order chi connectivity index (χ1) is 5.34. The van der Waals surface area contributed by atoms with E-state index in [1.165, 1.54) is 6.42 Å². The average molecular weight is 150 g/mol. The fourth-order valence-corrected chi connectivity index (χ4v) is 1.46. The molecule has 1 aliphatic rings. The van der Waals surface area contributed by atoms with Crippen molar-refractivity contribution < 1.29 is 4.79 Å². The van der Waals surface area contributed by atoms with Crippen molar-refractivity contribution in [2.45, 2.75) is 19.8 Å². The summed E-state index contributed by atoms with van der Waals surface area (Å²) < 4.78 is 0. The molecular formula is C10H14O. The highest BCUT2D eigenvalue weighted by atomic mass is 16.1. The average Bonchev–Trinajstić information content (AvgIpc) is 2.03. The molecule has 2 atom stereocenters. The Morgan fingerprint density at radius 1 is 1.55 bits per heavy atom. The quantitative estimate of drug-likeness (QED) is 0.335. The van der Waals surface area contributed by atoms with Gasteiger partial charge in [-0.15, -0.1) is 0 Å². The summed E-state index contributed by atoms with van der Waals surface area (Å²) >= 11 is 0. The van der Waals surface area contributed by atoms with E-state index in [1.807, 2.05) is 6.08 Å². The minimum absolute atomic E-state index is 0.574. The van der Waals surface area contributed by atoms with Crippen molar-refractivity contribution in [1.82, 2.24) is 0 Å². The zero-order chi connectivity index (χ0) is 8.10. The molecule has 0 aromatic rings. The molecule has 0 heterocycles. The molecule has 0 saturated carbocycles. The number of rotatable bonds is 2. The predicted molar refractivity (Wildman–Crippen MR) is 46.2 cm³/mol. The second kappa shape index (κ2) is 4.12. The molecule has 11 heavy (non-hydrogen) atoms. The van der Waals surface area contributed by atoms with Crippen LogP contribution in [-0.2, 0) is 4.79 Å². The summed E-state index contributed by atoms with van der Waals surface area (Å²) in [5, 5.41) is 0. The SMILES string of the molecule is CC1C=CCCC1/C=C/C=O. The predicted octanol–water partition coefficient (Wildman–Crippen LogP) is 2.34. The van der Waals surface area contributed by atoms with Gasteiger partial charge in [-0.1, -0.05) is 25.2 Å². The summed E-state index contributed by atoms with van der Waals surface area (Å²) in [6, 6.07) is 0. The Labute approximate surface area is 67.8 Å². The molecule has 0 amide bonds. The van der Waals surface area contributed by atoms with E-state index in [2.05, 4.69) is 19.1 Å². The summed E-state index contributed by atoms with van der Waals surface area (Å²) in [5.74, 6) is 1.17. The van der Waals surface area contributed by atoms with Crippen LogP contribution in [-0.4, -0.2) is 6.29 Å². The highest BCUT2D eigenvalue weighted by molar-refractivity contribution is 5.64. The number of hydrogen-bond donors (Lipinski definition) is 0. The van der Waals surface area contributed by atoms with E-state index in [1.54, 1.807) is 6.08 Å². The van der Waals surface area contributed by atoms with Crippen molar-refractivity contribution in [3.05, 3.63) is 24.3 Å². The van der Waals surface area contributed by atoms with Crippen LogP contribution < -0.4 is 0 Å². The lowest BCUT2D eigenvalue weighted by molar-refractivity contribution is -0.104. The lowest BCUT2D eigenvalue weighted by atomic mass is 9.85. The second-order valence-corrected chi connectivity index (χ2v) is 3.05. The number of carbonyl (C=O) groups excluding carboxylic acids is 1. The van der Waals surface area contributed by atoms with Crippen LogP contribution >= 0.6 is 0 Å². The summed E-state index contributed by atoms with van der Waals surface area (Å²) in [4.78, 5) is 10.0. The molecule has 60 valence electrons. The first-order valence-corrected chi connectivity index (χ1v) is 4.13. The maximum Gasteiger partial charge on any atom is 0.142 e. The largest absolute Gasteiger partial charge is 0.299 e. The Hall–Kier alpha value is -0.850. The molecule has 0 fully saturated rings. The zero-order valence-electron chi connectivity index (χ0n) is 6.86. The molecule has 0 N–H and O–H groups in total. The zero-order valence-corrected chi connectivity index (χ0v) is 6.86. The minimum atomic E-state index is 0.574. The Balaban J connectivity index is 2.51. The first kappa shape index (κ1) is 8.25. The van der Waals surface area contributed by atoms with Gasteiger partial charge in [0.2, 0.25) is 0 Å². The van der Waals surface area contributed by atoms with Crippen LogP contribution in [0.25, 0.3) is 0 Å². The van der Waals surface area contributed by atoms with Gasteiger partial charge in [-0.2, -0.15) is 0 Å². The van der Waals surface area contributed by atoms with Crippen molar-refractivity contribution in [2.24, 2.45) is 11.8 Å². The molecule has 0 aliphatic heterocycles. The van der Waals surface area contributed by atoms with E-state index < -0.39 is 0 Å². The van der Waals surface area contributed by atoms with Gasteiger partial charge in [0.25, 0.3) is 0 Å². The Morgan fingerprint density at radius 3 is 3.00 bits per heavy atom. The Morgan fingerprint density at radius 2 is 2.36 bits per heavy atom. The van der Waals surface area contributed by atoms with Crippen LogP contribution in [0, 0.1) is 11.8 Å². The van der Waals surface area contributed by atoms with Crippen LogP contribution in [0.4, 0.5) is 0 Å². The van der Waals surface area contributed by atoms with Gasteiger partial charge in [0.15, 0.2) is 0 Å². The number of aldehydes is 1. The third kappa shape index (κ3) is 2.34. The maximum atomic E-state index is 10.0. The van der Waals surface area contributed by atoms with E-state index in [0.29, 0.717) is 11.8 Å². The fourth-order valence-electron chi connectivity index (χ4n) is 1.46. The highest BCUT2D eigenvalue weighted by Crippen LogP contribution is 2.24. The molecule has 0 bridgehead atoms. The second-order valence-electron chi connectivity index (χ2n) is 3.05. The molecule has 1 aliphatic carbocycles. The van der Waals surface area contributed by atoms with E-state index in [4.69, 9.17) is 0 Å². The topological polar surface area (TPSA) is 17.1 Å². The summed E-state index contributed by atoms with van der Waals surface area (Å²) in [6.45, 7) is 2.19. The standard InChI is InChI=1S/C10H14O/c1-9-5-2-3-6-10(9)7-4-8-11/h2,4-5,7-10H,3,6H2,1H3/b7-4+. The van der Waals surface area contributed by atoms with Gasteiger partial charge >= 0.3 is 0 Å².